The molecule has 0 saturated heterocycles. The van der Waals surface area contributed by atoms with E-state index in [0.29, 0.717) is 12.4 Å². The van der Waals surface area contributed by atoms with E-state index in [1.54, 1.807) is 25.7 Å². The molecular weight excluding hydrogens is 388 g/mol. The summed E-state index contributed by atoms with van der Waals surface area (Å²) in [7, 11) is 1.68. The molecule has 7 heteroatoms. The predicted molar refractivity (Wildman–Crippen MR) is 84.2 cm³/mol. The van der Waals surface area contributed by atoms with Crippen LogP contribution in [0.3, 0.4) is 0 Å². The number of methoxy groups -OCH3 is 1. The normalized spacial score (nSPS) is 10.8. The van der Waals surface area contributed by atoms with E-state index < -0.39 is 0 Å². The maximum absolute atomic E-state index is 4.97. The van der Waals surface area contributed by atoms with E-state index in [-0.39, 0.29) is 0 Å². The highest BCUT2D eigenvalue weighted by Crippen LogP contribution is 2.25. The van der Waals surface area contributed by atoms with Crippen LogP contribution in [-0.2, 0) is 11.3 Å². The standard InChI is InChI=1S/C13H14Br2N4O/c1-20-3-2-16-5-9-6-18-13(19-7-9)12-11(15)4-10(14)8-17-12/h4,6-8,16H,2-3,5H2,1H3. The van der Waals surface area contributed by atoms with Gasteiger partial charge >= 0.3 is 0 Å². The van der Waals surface area contributed by atoms with Crippen LogP contribution < -0.4 is 5.32 Å². The van der Waals surface area contributed by atoms with Gasteiger partial charge in [0.1, 0.15) is 5.69 Å². The number of halogens is 2. The fourth-order valence-electron chi connectivity index (χ4n) is 1.55. The highest BCUT2D eigenvalue weighted by Gasteiger charge is 2.08. The molecule has 2 heterocycles. The van der Waals surface area contributed by atoms with Crippen LogP contribution in [-0.4, -0.2) is 35.2 Å². The van der Waals surface area contributed by atoms with Crippen molar-refractivity contribution in [3.8, 4) is 11.5 Å². The Morgan fingerprint density at radius 1 is 1.15 bits per heavy atom. The lowest BCUT2D eigenvalue weighted by Gasteiger charge is -2.05. The number of aromatic nitrogens is 3. The van der Waals surface area contributed by atoms with E-state index in [1.165, 1.54) is 0 Å². The van der Waals surface area contributed by atoms with Gasteiger partial charge in [-0.1, -0.05) is 0 Å². The Balaban J connectivity index is 2.04. The summed E-state index contributed by atoms with van der Waals surface area (Å²) in [5, 5.41) is 3.24. The number of pyridine rings is 1. The van der Waals surface area contributed by atoms with Crippen molar-refractivity contribution >= 4 is 31.9 Å². The van der Waals surface area contributed by atoms with Crippen molar-refractivity contribution < 1.29 is 4.74 Å². The van der Waals surface area contributed by atoms with Crippen LogP contribution in [0.25, 0.3) is 11.5 Å². The molecular formula is C13H14Br2N4O. The maximum atomic E-state index is 4.97. The third-order valence-corrected chi connectivity index (χ3v) is 3.58. The molecule has 0 saturated carbocycles. The molecule has 0 fully saturated rings. The van der Waals surface area contributed by atoms with E-state index in [0.717, 1.165) is 33.3 Å². The minimum Gasteiger partial charge on any atom is -0.383 e. The van der Waals surface area contributed by atoms with Gasteiger partial charge in [0, 0.05) is 53.3 Å². The lowest BCUT2D eigenvalue weighted by Crippen LogP contribution is -2.18. The first-order chi connectivity index (χ1) is 9.70. The zero-order chi connectivity index (χ0) is 14.4. The van der Waals surface area contributed by atoms with Crippen LogP contribution in [0.5, 0.6) is 0 Å². The van der Waals surface area contributed by atoms with E-state index in [1.807, 2.05) is 6.07 Å². The molecule has 0 aromatic carbocycles. The molecule has 2 rings (SSSR count). The van der Waals surface area contributed by atoms with Crippen molar-refractivity contribution in [2.45, 2.75) is 6.54 Å². The molecule has 5 nitrogen and oxygen atoms in total. The van der Waals surface area contributed by atoms with E-state index in [9.17, 15) is 0 Å². The Morgan fingerprint density at radius 2 is 1.90 bits per heavy atom. The number of nitrogens with one attached hydrogen (secondary N) is 1. The van der Waals surface area contributed by atoms with Gasteiger partial charge in [0.15, 0.2) is 5.82 Å². The van der Waals surface area contributed by atoms with Gasteiger partial charge < -0.3 is 10.1 Å². The number of rotatable bonds is 6. The SMILES string of the molecule is COCCNCc1cnc(-c2ncc(Br)cc2Br)nc1. The number of hydrogen-bond acceptors (Lipinski definition) is 5. The lowest BCUT2D eigenvalue weighted by molar-refractivity contribution is 0.199. The molecule has 2 aromatic rings. The second-order valence-corrected chi connectivity index (χ2v) is 5.84. The molecule has 106 valence electrons. The zero-order valence-electron chi connectivity index (χ0n) is 10.9. The monoisotopic (exact) mass is 400 g/mol. The Kier molecular flexibility index (Phi) is 6.03. The first-order valence-corrected chi connectivity index (χ1v) is 7.61. The second-order valence-electron chi connectivity index (χ2n) is 4.07. The summed E-state index contributed by atoms with van der Waals surface area (Å²) in [4.78, 5) is 13.0. The zero-order valence-corrected chi connectivity index (χ0v) is 14.1. The number of nitrogens with zero attached hydrogens (tertiary/aromatic N) is 3. The average molecular weight is 402 g/mol. The summed E-state index contributed by atoms with van der Waals surface area (Å²) in [6.45, 7) is 2.21. The number of ether oxygens (including phenoxy) is 1. The number of hydrogen-bond donors (Lipinski definition) is 1. The van der Waals surface area contributed by atoms with Gasteiger partial charge in [0.05, 0.1) is 6.61 Å². The smallest absolute Gasteiger partial charge is 0.179 e. The van der Waals surface area contributed by atoms with Gasteiger partial charge in [-0.15, -0.1) is 0 Å². The average Bonchev–Trinajstić information content (AvgIpc) is 2.45. The molecule has 2 aromatic heterocycles. The molecule has 0 radical (unpaired) electrons. The van der Waals surface area contributed by atoms with E-state index in [4.69, 9.17) is 4.74 Å². The first kappa shape index (κ1) is 15.5. The van der Waals surface area contributed by atoms with Crippen LogP contribution in [0, 0.1) is 0 Å². The molecule has 0 amide bonds. The Morgan fingerprint density at radius 3 is 2.55 bits per heavy atom. The third kappa shape index (κ3) is 4.31. The molecule has 0 atom stereocenters. The molecule has 0 aliphatic heterocycles. The minimum absolute atomic E-state index is 0.602. The summed E-state index contributed by atoms with van der Waals surface area (Å²) in [6.07, 6.45) is 5.33. The summed E-state index contributed by atoms with van der Waals surface area (Å²) in [5.41, 5.74) is 1.75. The third-order valence-electron chi connectivity index (χ3n) is 2.54. The fraction of sp³-hybridized carbons (Fsp3) is 0.308. The van der Waals surface area contributed by atoms with Crippen molar-refractivity contribution in [1.29, 1.82) is 0 Å². The largest absolute Gasteiger partial charge is 0.383 e. The van der Waals surface area contributed by atoms with Crippen LogP contribution >= 0.6 is 31.9 Å². The van der Waals surface area contributed by atoms with Crippen molar-refractivity contribution in [3.63, 3.8) is 0 Å². The highest BCUT2D eigenvalue weighted by atomic mass is 79.9. The summed E-state index contributed by atoms with van der Waals surface area (Å²) in [5.74, 6) is 0.602. The first-order valence-electron chi connectivity index (χ1n) is 6.02. The molecule has 0 aliphatic carbocycles. The predicted octanol–water partition coefficient (Wildman–Crippen LogP) is 2.80. The van der Waals surface area contributed by atoms with Crippen LogP contribution in [0.4, 0.5) is 0 Å². The Hall–Kier alpha value is -0.890. The van der Waals surface area contributed by atoms with Crippen molar-refractivity contribution in [2.75, 3.05) is 20.3 Å². The maximum Gasteiger partial charge on any atom is 0.179 e. The van der Waals surface area contributed by atoms with E-state index in [2.05, 4.69) is 52.1 Å². The second kappa shape index (κ2) is 7.78. The fourth-order valence-corrected chi connectivity index (χ4v) is 2.72. The van der Waals surface area contributed by atoms with Gasteiger partial charge in [-0.2, -0.15) is 0 Å². The molecule has 0 unspecified atom stereocenters. The lowest BCUT2D eigenvalue weighted by atomic mass is 10.3. The van der Waals surface area contributed by atoms with Crippen LogP contribution in [0.2, 0.25) is 0 Å². The Bertz CT molecular complexity index is 563. The van der Waals surface area contributed by atoms with Gasteiger partial charge in [-0.05, 0) is 37.9 Å². The van der Waals surface area contributed by atoms with E-state index >= 15 is 0 Å². The van der Waals surface area contributed by atoms with Crippen molar-refractivity contribution in [1.82, 2.24) is 20.3 Å². The van der Waals surface area contributed by atoms with Crippen molar-refractivity contribution in [2.24, 2.45) is 0 Å². The van der Waals surface area contributed by atoms with Gasteiger partial charge in [0.25, 0.3) is 0 Å². The Labute approximate surface area is 134 Å². The quantitative estimate of drug-likeness (QED) is 0.754. The summed E-state index contributed by atoms with van der Waals surface area (Å²) >= 11 is 6.83. The van der Waals surface area contributed by atoms with Gasteiger partial charge in [-0.25, -0.2) is 9.97 Å². The van der Waals surface area contributed by atoms with Gasteiger partial charge in [-0.3, -0.25) is 4.98 Å². The molecule has 0 spiro atoms. The molecule has 1 N–H and O–H groups in total. The van der Waals surface area contributed by atoms with Crippen LogP contribution in [0.15, 0.2) is 33.6 Å². The minimum atomic E-state index is 0.602. The molecule has 0 aliphatic rings. The van der Waals surface area contributed by atoms with Crippen LogP contribution in [0.1, 0.15) is 5.56 Å². The molecule has 20 heavy (non-hydrogen) atoms. The molecule has 0 bridgehead atoms. The summed E-state index contributed by atoms with van der Waals surface area (Å²) in [6, 6.07) is 1.92. The van der Waals surface area contributed by atoms with Gasteiger partial charge in [0.2, 0.25) is 0 Å². The van der Waals surface area contributed by atoms with Crippen molar-refractivity contribution in [3.05, 3.63) is 39.2 Å². The highest BCUT2D eigenvalue weighted by molar-refractivity contribution is 9.11. The topological polar surface area (TPSA) is 59.9 Å². The summed E-state index contributed by atoms with van der Waals surface area (Å²) < 4.78 is 6.74.